The molecule has 6 heteroatoms. The molecule has 1 aromatic heterocycles. The fourth-order valence-corrected chi connectivity index (χ4v) is 0.978. The largest absolute Gasteiger partial charge is 0.493 e. The van der Waals surface area contributed by atoms with Crippen LogP contribution in [0.5, 0.6) is 5.75 Å². The van der Waals surface area contributed by atoms with E-state index >= 15 is 0 Å². The maximum absolute atomic E-state index is 12.0. The molecule has 1 atom stereocenters. The second kappa shape index (κ2) is 5.45. The summed E-state index contributed by atoms with van der Waals surface area (Å²) in [5.41, 5.74) is 0. The molecule has 0 radical (unpaired) electrons. The lowest BCUT2D eigenvalue weighted by molar-refractivity contribution is 0.00378. The average molecular weight is 218 g/mol. The number of alkyl halides is 2. The summed E-state index contributed by atoms with van der Waals surface area (Å²) < 4.78 is 28.9. The smallest absolute Gasteiger partial charge is 0.265 e. The SMILES string of the molecule is COc1cccnc1NCC(O)C(F)F. The van der Waals surface area contributed by atoms with Gasteiger partial charge in [-0.25, -0.2) is 13.8 Å². The molecule has 15 heavy (non-hydrogen) atoms. The Labute approximate surface area is 85.9 Å². The third-order valence-electron chi connectivity index (χ3n) is 1.76. The number of aliphatic hydroxyl groups is 1. The van der Waals surface area contributed by atoms with Crippen LogP contribution in [0.15, 0.2) is 18.3 Å². The molecule has 0 spiro atoms. The number of halogens is 2. The van der Waals surface area contributed by atoms with E-state index in [0.29, 0.717) is 11.6 Å². The van der Waals surface area contributed by atoms with Gasteiger partial charge in [-0.1, -0.05) is 0 Å². The van der Waals surface area contributed by atoms with Crippen molar-refractivity contribution in [2.75, 3.05) is 19.0 Å². The lowest BCUT2D eigenvalue weighted by Gasteiger charge is -2.12. The molecule has 1 heterocycles. The molecule has 4 nitrogen and oxygen atoms in total. The molecule has 0 fully saturated rings. The molecule has 0 amide bonds. The number of aromatic nitrogens is 1. The van der Waals surface area contributed by atoms with E-state index in [2.05, 4.69) is 10.3 Å². The van der Waals surface area contributed by atoms with Crippen molar-refractivity contribution < 1.29 is 18.6 Å². The van der Waals surface area contributed by atoms with Crippen LogP contribution in [0.4, 0.5) is 14.6 Å². The van der Waals surface area contributed by atoms with Gasteiger partial charge >= 0.3 is 0 Å². The number of nitrogens with one attached hydrogen (secondary N) is 1. The van der Waals surface area contributed by atoms with Crippen LogP contribution in [-0.2, 0) is 0 Å². The van der Waals surface area contributed by atoms with E-state index in [1.807, 2.05) is 0 Å². The molecule has 0 saturated heterocycles. The highest BCUT2D eigenvalue weighted by molar-refractivity contribution is 5.49. The van der Waals surface area contributed by atoms with Gasteiger partial charge in [0.15, 0.2) is 11.6 Å². The number of rotatable bonds is 5. The second-order valence-corrected chi connectivity index (χ2v) is 2.84. The molecule has 84 valence electrons. The number of pyridine rings is 1. The highest BCUT2D eigenvalue weighted by Crippen LogP contribution is 2.19. The first kappa shape index (κ1) is 11.6. The van der Waals surface area contributed by atoms with E-state index < -0.39 is 12.5 Å². The van der Waals surface area contributed by atoms with Gasteiger partial charge in [-0.05, 0) is 12.1 Å². The van der Waals surface area contributed by atoms with Gasteiger partial charge in [0.2, 0.25) is 0 Å². The molecule has 1 aromatic rings. The Hall–Kier alpha value is -1.43. The molecule has 0 aliphatic rings. The van der Waals surface area contributed by atoms with Crippen molar-refractivity contribution >= 4 is 5.82 Å². The Morgan fingerprint density at radius 3 is 2.93 bits per heavy atom. The van der Waals surface area contributed by atoms with Crippen molar-refractivity contribution in [1.29, 1.82) is 0 Å². The Bertz CT molecular complexity index is 310. The van der Waals surface area contributed by atoms with E-state index in [-0.39, 0.29) is 6.54 Å². The normalized spacial score (nSPS) is 12.6. The van der Waals surface area contributed by atoms with Crippen molar-refractivity contribution in [3.63, 3.8) is 0 Å². The van der Waals surface area contributed by atoms with Gasteiger partial charge in [-0.2, -0.15) is 0 Å². The molecule has 0 bridgehead atoms. The maximum atomic E-state index is 12.0. The summed E-state index contributed by atoms with van der Waals surface area (Å²) in [4.78, 5) is 3.89. The van der Waals surface area contributed by atoms with Crippen LogP contribution in [0.25, 0.3) is 0 Å². The Morgan fingerprint density at radius 2 is 2.33 bits per heavy atom. The van der Waals surface area contributed by atoms with Crippen molar-refractivity contribution in [1.82, 2.24) is 4.98 Å². The summed E-state index contributed by atoms with van der Waals surface area (Å²) in [6.07, 6.45) is -2.98. The summed E-state index contributed by atoms with van der Waals surface area (Å²) in [6, 6.07) is 3.30. The predicted octanol–water partition coefficient (Wildman–Crippen LogP) is 1.13. The topological polar surface area (TPSA) is 54.4 Å². The van der Waals surface area contributed by atoms with Crippen molar-refractivity contribution in [2.45, 2.75) is 12.5 Å². The van der Waals surface area contributed by atoms with Crippen LogP contribution in [0.1, 0.15) is 0 Å². The first-order valence-corrected chi connectivity index (χ1v) is 4.34. The zero-order valence-electron chi connectivity index (χ0n) is 8.15. The van der Waals surface area contributed by atoms with Crippen molar-refractivity contribution in [3.05, 3.63) is 18.3 Å². The highest BCUT2D eigenvalue weighted by atomic mass is 19.3. The summed E-state index contributed by atoms with van der Waals surface area (Å²) in [6.45, 7) is -0.273. The number of hydrogen-bond acceptors (Lipinski definition) is 4. The van der Waals surface area contributed by atoms with Gasteiger partial charge in [0.1, 0.15) is 6.10 Å². The first-order valence-electron chi connectivity index (χ1n) is 4.34. The van der Waals surface area contributed by atoms with Crippen LogP contribution in [0.2, 0.25) is 0 Å². The zero-order chi connectivity index (χ0) is 11.3. The number of nitrogens with zero attached hydrogens (tertiary/aromatic N) is 1. The average Bonchev–Trinajstić information content (AvgIpc) is 2.26. The zero-order valence-corrected chi connectivity index (χ0v) is 8.15. The third-order valence-corrected chi connectivity index (χ3v) is 1.76. The van der Waals surface area contributed by atoms with Crippen LogP contribution >= 0.6 is 0 Å². The van der Waals surface area contributed by atoms with Crippen molar-refractivity contribution in [3.8, 4) is 5.75 Å². The minimum Gasteiger partial charge on any atom is -0.493 e. The van der Waals surface area contributed by atoms with Gasteiger partial charge in [0.25, 0.3) is 6.43 Å². The second-order valence-electron chi connectivity index (χ2n) is 2.84. The fraction of sp³-hybridized carbons (Fsp3) is 0.444. The van der Waals surface area contributed by atoms with Gasteiger partial charge in [-0.15, -0.1) is 0 Å². The Morgan fingerprint density at radius 1 is 1.60 bits per heavy atom. The number of hydrogen-bond donors (Lipinski definition) is 2. The van der Waals surface area contributed by atoms with E-state index in [1.165, 1.54) is 13.3 Å². The summed E-state index contributed by atoms with van der Waals surface area (Å²) >= 11 is 0. The summed E-state index contributed by atoms with van der Waals surface area (Å²) in [5, 5.41) is 11.4. The maximum Gasteiger partial charge on any atom is 0.265 e. The quantitative estimate of drug-likeness (QED) is 0.777. The van der Waals surface area contributed by atoms with Crippen LogP contribution < -0.4 is 10.1 Å². The standard InChI is InChI=1S/C9H12F2N2O2/c1-15-7-3-2-4-12-9(7)13-5-6(14)8(10)11/h2-4,6,8,14H,5H2,1H3,(H,12,13). The molecule has 0 aliphatic heterocycles. The molecule has 1 unspecified atom stereocenters. The highest BCUT2D eigenvalue weighted by Gasteiger charge is 2.16. The van der Waals surface area contributed by atoms with Gasteiger partial charge < -0.3 is 15.2 Å². The lowest BCUT2D eigenvalue weighted by atomic mass is 10.3. The molecular formula is C9H12F2N2O2. The number of methoxy groups -OCH3 is 1. The number of aliphatic hydroxyl groups excluding tert-OH is 1. The Kier molecular flexibility index (Phi) is 4.23. The molecule has 0 aliphatic carbocycles. The van der Waals surface area contributed by atoms with E-state index in [4.69, 9.17) is 9.84 Å². The van der Waals surface area contributed by atoms with Crippen LogP contribution in [0.3, 0.4) is 0 Å². The van der Waals surface area contributed by atoms with E-state index in [0.717, 1.165) is 0 Å². The van der Waals surface area contributed by atoms with Gasteiger partial charge in [0, 0.05) is 12.7 Å². The third kappa shape index (κ3) is 3.32. The molecule has 2 N–H and O–H groups in total. The molecular weight excluding hydrogens is 206 g/mol. The number of anilines is 1. The van der Waals surface area contributed by atoms with Gasteiger partial charge in [0.05, 0.1) is 7.11 Å². The lowest BCUT2D eigenvalue weighted by Crippen LogP contribution is -2.27. The minimum atomic E-state index is -2.77. The molecule has 1 rings (SSSR count). The van der Waals surface area contributed by atoms with Crippen LogP contribution in [-0.4, -0.2) is 36.3 Å². The fourth-order valence-electron chi connectivity index (χ4n) is 0.978. The van der Waals surface area contributed by atoms with Crippen LogP contribution in [0, 0.1) is 0 Å². The minimum absolute atomic E-state index is 0.273. The van der Waals surface area contributed by atoms with E-state index in [1.54, 1.807) is 12.1 Å². The molecule has 0 aromatic carbocycles. The molecule has 0 saturated carbocycles. The van der Waals surface area contributed by atoms with Gasteiger partial charge in [-0.3, -0.25) is 0 Å². The van der Waals surface area contributed by atoms with Crippen molar-refractivity contribution in [2.24, 2.45) is 0 Å². The number of ether oxygens (including phenoxy) is 1. The predicted molar refractivity (Wildman–Crippen MR) is 51.3 cm³/mol. The summed E-state index contributed by atoms with van der Waals surface area (Å²) in [7, 11) is 1.45. The first-order chi connectivity index (χ1) is 7.15. The summed E-state index contributed by atoms with van der Waals surface area (Å²) in [5.74, 6) is 0.777. The monoisotopic (exact) mass is 218 g/mol. The Balaban J connectivity index is 2.57. The van der Waals surface area contributed by atoms with E-state index in [9.17, 15) is 8.78 Å².